The Morgan fingerprint density at radius 3 is 2.95 bits per heavy atom. The van der Waals surface area contributed by atoms with E-state index in [1.54, 1.807) is 20.1 Å². The molecule has 0 atom stereocenters. The lowest BCUT2D eigenvalue weighted by atomic mass is 10.3. The number of carbonyl (C=O) groups is 1. The first-order chi connectivity index (χ1) is 9.19. The summed E-state index contributed by atoms with van der Waals surface area (Å²) in [6.45, 7) is 3.01. The second-order valence-corrected chi connectivity index (χ2v) is 4.71. The van der Waals surface area contributed by atoms with E-state index < -0.39 is 0 Å². The van der Waals surface area contributed by atoms with Gasteiger partial charge in [-0.25, -0.2) is 9.97 Å². The summed E-state index contributed by atoms with van der Waals surface area (Å²) in [7, 11) is 1.64. The molecule has 6 nitrogen and oxygen atoms in total. The monoisotopic (exact) mass is 264 g/mol. The number of anilines is 1. The van der Waals surface area contributed by atoms with E-state index in [4.69, 9.17) is 4.74 Å². The van der Waals surface area contributed by atoms with Crippen molar-refractivity contribution in [3.8, 4) is 0 Å². The van der Waals surface area contributed by atoms with Crippen LogP contribution in [0.2, 0.25) is 0 Å². The summed E-state index contributed by atoms with van der Waals surface area (Å²) in [5.74, 6) is 1.17. The molecule has 0 aliphatic heterocycles. The van der Waals surface area contributed by atoms with Crippen LogP contribution in [0.3, 0.4) is 0 Å². The zero-order valence-electron chi connectivity index (χ0n) is 11.4. The predicted octanol–water partition coefficient (Wildman–Crippen LogP) is 1.13. The van der Waals surface area contributed by atoms with Crippen LogP contribution in [-0.4, -0.2) is 42.2 Å². The fourth-order valence-corrected chi connectivity index (χ4v) is 1.70. The van der Waals surface area contributed by atoms with E-state index in [-0.39, 0.29) is 5.91 Å². The molecule has 0 unspecified atom stereocenters. The van der Waals surface area contributed by atoms with Crippen molar-refractivity contribution in [1.29, 1.82) is 0 Å². The van der Waals surface area contributed by atoms with Gasteiger partial charge in [0.25, 0.3) is 5.91 Å². The second-order valence-electron chi connectivity index (χ2n) is 4.71. The van der Waals surface area contributed by atoms with E-state index in [9.17, 15) is 4.79 Å². The smallest absolute Gasteiger partial charge is 0.270 e. The van der Waals surface area contributed by atoms with Gasteiger partial charge in [-0.2, -0.15) is 0 Å². The molecule has 0 radical (unpaired) electrons. The van der Waals surface area contributed by atoms with Gasteiger partial charge < -0.3 is 15.4 Å². The quantitative estimate of drug-likeness (QED) is 0.722. The number of hydrogen-bond donors (Lipinski definition) is 2. The maximum Gasteiger partial charge on any atom is 0.270 e. The van der Waals surface area contributed by atoms with Crippen molar-refractivity contribution >= 4 is 11.7 Å². The second kappa shape index (κ2) is 6.47. The Morgan fingerprint density at radius 1 is 1.47 bits per heavy atom. The molecule has 2 N–H and O–H groups in total. The van der Waals surface area contributed by atoms with Crippen LogP contribution in [-0.2, 0) is 4.74 Å². The Labute approximate surface area is 113 Å². The van der Waals surface area contributed by atoms with Crippen molar-refractivity contribution in [3.05, 3.63) is 17.6 Å². The van der Waals surface area contributed by atoms with Crippen LogP contribution in [0.1, 0.15) is 35.6 Å². The molecule has 1 aliphatic carbocycles. The number of nitrogens with one attached hydrogen (secondary N) is 2. The van der Waals surface area contributed by atoms with Gasteiger partial charge in [0.1, 0.15) is 17.3 Å². The SMILES string of the molecule is COCCCNC(=O)c1cc(NC2CC2)nc(C)n1. The van der Waals surface area contributed by atoms with Crippen LogP contribution in [0, 0.1) is 6.92 Å². The number of ether oxygens (including phenoxy) is 1. The molecule has 0 saturated heterocycles. The number of nitrogens with zero attached hydrogens (tertiary/aromatic N) is 2. The van der Waals surface area contributed by atoms with E-state index >= 15 is 0 Å². The molecule has 1 saturated carbocycles. The van der Waals surface area contributed by atoms with Crippen molar-refractivity contribution < 1.29 is 9.53 Å². The van der Waals surface area contributed by atoms with Gasteiger partial charge in [0, 0.05) is 32.4 Å². The summed E-state index contributed by atoms with van der Waals surface area (Å²) in [4.78, 5) is 20.4. The lowest BCUT2D eigenvalue weighted by molar-refractivity contribution is 0.0943. The third-order valence-corrected chi connectivity index (χ3v) is 2.81. The lowest BCUT2D eigenvalue weighted by Gasteiger charge is -2.08. The van der Waals surface area contributed by atoms with Crippen molar-refractivity contribution in [2.24, 2.45) is 0 Å². The summed E-state index contributed by atoms with van der Waals surface area (Å²) in [6, 6.07) is 2.21. The molecule has 1 fully saturated rings. The largest absolute Gasteiger partial charge is 0.385 e. The first-order valence-corrected chi connectivity index (χ1v) is 6.58. The van der Waals surface area contributed by atoms with Crippen LogP contribution in [0.4, 0.5) is 5.82 Å². The van der Waals surface area contributed by atoms with Crippen LogP contribution < -0.4 is 10.6 Å². The van der Waals surface area contributed by atoms with Crippen molar-refractivity contribution in [2.75, 3.05) is 25.6 Å². The Hall–Kier alpha value is -1.69. The van der Waals surface area contributed by atoms with Gasteiger partial charge in [-0.15, -0.1) is 0 Å². The summed E-state index contributed by atoms with van der Waals surface area (Å²) in [5.41, 5.74) is 0.410. The minimum absolute atomic E-state index is 0.166. The molecular weight excluding hydrogens is 244 g/mol. The van der Waals surface area contributed by atoms with Crippen LogP contribution in [0.5, 0.6) is 0 Å². The Morgan fingerprint density at radius 2 is 2.26 bits per heavy atom. The van der Waals surface area contributed by atoms with Gasteiger partial charge in [-0.05, 0) is 26.2 Å². The molecule has 0 bridgehead atoms. The normalized spacial score (nSPS) is 14.2. The van der Waals surface area contributed by atoms with Gasteiger partial charge in [0.05, 0.1) is 0 Å². The highest BCUT2D eigenvalue weighted by atomic mass is 16.5. The molecule has 0 spiro atoms. The van der Waals surface area contributed by atoms with Gasteiger partial charge in [-0.1, -0.05) is 0 Å². The highest BCUT2D eigenvalue weighted by Crippen LogP contribution is 2.23. The Kier molecular flexibility index (Phi) is 4.68. The topological polar surface area (TPSA) is 76.1 Å². The molecule has 1 aliphatic rings. The molecule has 6 heteroatoms. The highest BCUT2D eigenvalue weighted by Gasteiger charge is 2.22. The van der Waals surface area contributed by atoms with Gasteiger partial charge in [0.2, 0.25) is 0 Å². The number of amides is 1. The maximum absolute atomic E-state index is 11.9. The number of aromatic nitrogens is 2. The van der Waals surface area contributed by atoms with Gasteiger partial charge in [-0.3, -0.25) is 4.79 Å². The third kappa shape index (κ3) is 4.48. The number of carbonyl (C=O) groups excluding carboxylic acids is 1. The molecule has 2 rings (SSSR count). The first kappa shape index (κ1) is 13.7. The molecule has 1 aromatic rings. The molecular formula is C13H20N4O2. The summed E-state index contributed by atoms with van der Waals surface area (Å²) in [5, 5.41) is 6.10. The number of methoxy groups -OCH3 is 1. The van der Waals surface area contributed by atoms with Crippen molar-refractivity contribution in [1.82, 2.24) is 15.3 Å². The molecule has 1 amide bonds. The fraction of sp³-hybridized carbons (Fsp3) is 0.615. The molecule has 19 heavy (non-hydrogen) atoms. The van der Waals surface area contributed by atoms with Gasteiger partial charge >= 0.3 is 0 Å². The number of aryl methyl sites for hydroxylation is 1. The minimum Gasteiger partial charge on any atom is -0.385 e. The van der Waals surface area contributed by atoms with E-state index in [2.05, 4.69) is 20.6 Å². The standard InChI is InChI=1S/C13H20N4O2/c1-9-15-11(13(18)14-6-3-7-19-2)8-12(16-9)17-10-4-5-10/h8,10H,3-7H2,1-2H3,(H,14,18)(H,15,16,17). The van der Waals surface area contributed by atoms with Crippen LogP contribution in [0.15, 0.2) is 6.07 Å². The summed E-state index contributed by atoms with van der Waals surface area (Å²) < 4.78 is 4.93. The van der Waals surface area contributed by atoms with E-state index in [1.807, 2.05) is 0 Å². The first-order valence-electron chi connectivity index (χ1n) is 6.58. The Bertz CT molecular complexity index is 446. The zero-order valence-corrected chi connectivity index (χ0v) is 11.4. The summed E-state index contributed by atoms with van der Waals surface area (Å²) >= 11 is 0. The molecule has 104 valence electrons. The minimum atomic E-state index is -0.166. The maximum atomic E-state index is 11.9. The Balaban J connectivity index is 1.93. The lowest BCUT2D eigenvalue weighted by Crippen LogP contribution is -2.26. The van der Waals surface area contributed by atoms with E-state index in [0.717, 1.165) is 12.2 Å². The van der Waals surface area contributed by atoms with Crippen molar-refractivity contribution in [3.63, 3.8) is 0 Å². The van der Waals surface area contributed by atoms with Crippen LogP contribution >= 0.6 is 0 Å². The number of hydrogen-bond acceptors (Lipinski definition) is 5. The van der Waals surface area contributed by atoms with E-state index in [0.29, 0.717) is 30.7 Å². The molecule has 1 heterocycles. The fourth-order valence-electron chi connectivity index (χ4n) is 1.70. The number of rotatable bonds is 7. The molecule has 0 aromatic carbocycles. The van der Waals surface area contributed by atoms with Crippen molar-refractivity contribution in [2.45, 2.75) is 32.2 Å². The third-order valence-electron chi connectivity index (χ3n) is 2.81. The average Bonchev–Trinajstić information content (AvgIpc) is 3.17. The highest BCUT2D eigenvalue weighted by molar-refractivity contribution is 5.92. The summed E-state index contributed by atoms with van der Waals surface area (Å²) in [6.07, 6.45) is 3.13. The molecule has 1 aromatic heterocycles. The van der Waals surface area contributed by atoms with Gasteiger partial charge in [0.15, 0.2) is 0 Å². The average molecular weight is 264 g/mol. The zero-order chi connectivity index (χ0) is 13.7. The van der Waals surface area contributed by atoms with Crippen LogP contribution in [0.25, 0.3) is 0 Å². The van der Waals surface area contributed by atoms with E-state index in [1.165, 1.54) is 12.8 Å². The predicted molar refractivity (Wildman–Crippen MR) is 72.2 cm³/mol.